The number of nitro groups is 1. The number of benzene rings is 3. The van der Waals surface area contributed by atoms with Gasteiger partial charge in [0.15, 0.2) is 11.5 Å². The summed E-state index contributed by atoms with van der Waals surface area (Å²) in [6.07, 6.45) is 0.906. The van der Waals surface area contributed by atoms with Gasteiger partial charge in [0.05, 0.1) is 11.5 Å². The highest BCUT2D eigenvalue weighted by Gasteiger charge is 2.31. The standard InChI is InChI=1S/C26H25FN2O5/c27-21-5-3-19(4-6-21)24-11-12-28(14-18-1-7-22(8-2-18)29(30)31)15-20(24)16-32-25-10-9-23-13-26(25)34-17-33-23/h1-10,13,20,24H,11-12,14-17H2. The van der Waals surface area contributed by atoms with Crippen molar-refractivity contribution in [3.8, 4) is 17.2 Å². The quantitative estimate of drug-likeness (QED) is 0.356. The molecule has 0 aliphatic carbocycles. The topological polar surface area (TPSA) is 74.1 Å². The smallest absolute Gasteiger partial charge is 0.269 e. The first-order valence-corrected chi connectivity index (χ1v) is 11.3. The molecule has 0 amide bonds. The van der Waals surface area contributed by atoms with Gasteiger partial charge in [-0.05, 0) is 54.3 Å². The minimum Gasteiger partial charge on any atom is -0.489 e. The van der Waals surface area contributed by atoms with Crippen molar-refractivity contribution in [3.63, 3.8) is 0 Å². The van der Waals surface area contributed by atoms with Gasteiger partial charge in [-0.25, -0.2) is 4.39 Å². The molecule has 0 aromatic heterocycles. The van der Waals surface area contributed by atoms with Crippen molar-refractivity contribution < 1.29 is 23.5 Å². The van der Waals surface area contributed by atoms with Crippen LogP contribution in [0.3, 0.4) is 0 Å². The Labute approximate surface area is 196 Å². The van der Waals surface area contributed by atoms with Crippen molar-refractivity contribution in [1.82, 2.24) is 4.90 Å². The van der Waals surface area contributed by atoms with Crippen LogP contribution >= 0.6 is 0 Å². The second kappa shape index (κ2) is 9.69. The van der Waals surface area contributed by atoms with Crippen LogP contribution in [-0.4, -0.2) is 36.3 Å². The van der Waals surface area contributed by atoms with E-state index in [2.05, 4.69) is 4.90 Å². The molecule has 3 aromatic carbocycles. The lowest BCUT2D eigenvalue weighted by Gasteiger charge is -2.39. The highest BCUT2D eigenvalue weighted by Crippen LogP contribution is 2.37. The number of nitrogens with zero attached hydrogens (tertiary/aromatic N) is 2. The number of hydrogen-bond acceptors (Lipinski definition) is 6. The summed E-state index contributed by atoms with van der Waals surface area (Å²) in [5, 5.41) is 10.9. The maximum Gasteiger partial charge on any atom is 0.269 e. The monoisotopic (exact) mass is 464 g/mol. The van der Waals surface area contributed by atoms with Gasteiger partial charge in [0, 0.05) is 37.2 Å². The predicted molar refractivity (Wildman–Crippen MR) is 124 cm³/mol. The van der Waals surface area contributed by atoms with Gasteiger partial charge in [-0.2, -0.15) is 0 Å². The molecule has 1 saturated heterocycles. The molecule has 176 valence electrons. The second-order valence-electron chi connectivity index (χ2n) is 8.69. The van der Waals surface area contributed by atoms with Gasteiger partial charge in [-0.15, -0.1) is 0 Å². The summed E-state index contributed by atoms with van der Waals surface area (Å²) in [7, 11) is 0. The summed E-state index contributed by atoms with van der Waals surface area (Å²) in [6, 6.07) is 19.0. The van der Waals surface area contributed by atoms with Crippen molar-refractivity contribution in [3.05, 3.63) is 93.8 Å². The van der Waals surface area contributed by atoms with Gasteiger partial charge in [-0.3, -0.25) is 15.0 Å². The molecule has 0 N–H and O–H groups in total. The Hall–Kier alpha value is -3.65. The van der Waals surface area contributed by atoms with Crippen molar-refractivity contribution in [1.29, 1.82) is 0 Å². The Bertz CT molecular complexity index is 1150. The molecule has 7 nitrogen and oxygen atoms in total. The van der Waals surface area contributed by atoms with Gasteiger partial charge in [0.25, 0.3) is 5.69 Å². The van der Waals surface area contributed by atoms with Crippen LogP contribution < -0.4 is 14.2 Å². The van der Waals surface area contributed by atoms with E-state index in [9.17, 15) is 14.5 Å². The molecule has 2 aliphatic rings. The van der Waals surface area contributed by atoms with E-state index in [1.165, 1.54) is 12.1 Å². The molecule has 2 unspecified atom stereocenters. The zero-order chi connectivity index (χ0) is 23.5. The fourth-order valence-electron chi connectivity index (χ4n) is 4.72. The fourth-order valence-corrected chi connectivity index (χ4v) is 4.72. The Morgan fingerprint density at radius 3 is 2.62 bits per heavy atom. The molecular weight excluding hydrogens is 439 g/mol. The molecule has 5 rings (SSSR count). The number of hydrogen-bond donors (Lipinski definition) is 0. The van der Waals surface area contributed by atoms with E-state index in [0.29, 0.717) is 24.7 Å². The van der Waals surface area contributed by atoms with E-state index in [1.54, 1.807) is 24.3 Å². The number of halogens is 1. The SMILES string of the molecule is O=[N+]([O-])c1ccc(CN2CCC(c3ccc(F)cc3)C(COc3ccc4cc3OCO4)C2)cc1. The third kappa shape index (κ3) is 4.97. The normalized spacial score (nSPS) is 19.7. The molecule has 2 heterocycles. The number of ether oxygens (including phenoxy) is 3. The number of non-ortho nitro benzene ring substituents is 1. The fraction of sp³-hybridized carbons (Fsp3) is 0.308. The summed E-state index contributed by atoms with van der Waals surface area (Å²) < 4.78 is 30.7. The van der Waals surface area contributed by atoms with E-state index >= 15 is 0 Å². The first-order valence-electron chi connectivity index (χ1n) is 11.3. The van der Waals surface area contributed by atoms with Gasteiger partial charge >= 0.3 is 0 Å². The lowest BCUT2D eigenvalue weighted by atomic mass is 9.80. The lowest BCUT2D eigenvalue weighted by molar-refractivity contribution is -0.384. The molecular formula is C26H25FN2O5. The van der Waals surface area contributed by atoms with Crippen LogP contribution in [0.2, 0.25) is 0 Å². The van der Waals surface area contributed by atoms with Crippen molar-refractivity contribution >= 4 is 5.69 Å². The lowest BCUT2D eigenvalue weighted by Crippen LogP contribution is -2.41. The predicted octanol–water partition coefficient (Wildman–Crippen LogP) is 5.15. The van der Waals surface area contributed by atoms with E-state index in [1.807, 2.05) is 30.3 Å². The highest BCUT2D eigenvalue weighted by molar-refractivity contribution is 5.46. The number of rotatable bonds is 7. The van der Waals surface area contributed by atoms with Crippen molar-refractivity contribution in [2.75, 3.05) is 26.5 Å². The third-order valence-corrected chi connectivity index (χ3v) is 6.48. The first kappa shape index (κ1) is 22.2. The van der Waals surface area contributed by atoms with Gasteiger partial charge < -0.3 is 14.2 Å². The van der Waals surface area contributed by atoms with Crippen LogP contribution in [0.4, 0.5) is 10.1 Å². The Morgan fingerprint density at radius 2 is 1.85 bits per heavy atom. The molecule has 2 atom stereocenters. The maximum atomic E-state index is 13.5. The van der Waals surface area contributed by atoms with Crippen LogP contribution in [0.15, 0.2) is 66.7 Å². The van der Waals surface area contributed by atoms with Gasteiger partial charge in [0.2, 0.25) is 6.79 Å². The van der Waals surface area contributed by atoms with E-state index < -0.39 is 0 Å². The summed E-state index contributed by atoms with van der Waals surface area (Å²) in [5.74, 6) is 2.26. The van der Waals surface area contributed by atoms with Crippen LogP contribution in [0.1, 0.15) is 23.5 Å². The Balaban J connectivity index is 1.31. The zero-order valence-corrected chi connectivity index (χ0v) is 18.6. The zero-order valence-electron chi connectivity index (χ0n) is 18.6. The second-order valence-corrected chi connectivity index (χ2v) is 8.69. The highest BCUT2D eigenvalue weighted by atomic mass is 19.1. The average Bonchev–Trinajstić information content (AvgIpc) is 2.85. The van der Waals surface area contributed by atoms with Gasteiger partial charge in [0.1, 0.15) is 11.6 Å². The molecule has 0 spiro atoms. The number of fused-ring (bicyclic) bond motifs is 2. The minimum atomic E-state index is -0.388. The molecule has 2 bridgehead atoms. The molecule has 8 heteroatoms. The Morgan fingerprint density at radius 1 is 1.06 bits per heavy atom. The molecule has 3 aromatic rings. The summed E-state index contributed by atoms with van der Waals surface area (Å²) in [5.41, 5.74) is 2.22. The summed E-state index contributed by atoms with van der Waals surface area (Å²) >= 11 is 0. The number of piperidine rings is 1. The molecule has 2 aliphatic heterocycles. The molecule has 0 radical (unpaired) electrons. The van der Waals surface area contributed by atoms with Crippen LogP contribution in [0.5, 0.6) is 17.2 Å². The number of nitro benzene ring substituents is 1. The number of likely N-dealkylation sites (tertiary alicyclic amines) is 1. The van der Waals surface area contributed by atoms with Crippen LogP contribution in [-0.2, 0) is 6.54 Å². The largest absolute Gasteiger partial charge is 0.489 e. The molecule has 0 saturated carbocycles. The minimum absolute atomic E-state index is 0.0904. The average molecular weight is 464 g/mol. The first-order chi connectivity index (χ1) is 16.5. The molecule has 34 heavy (non-hydrogen) atoms. The van der Waals surface area contributed by atoms with Gasteiger partial charge in [-0.1, -0.05) is 24.3 Å². The molecule has 1 fully saturated rings. The van der Waals surface area contributed by atoms with Crippen molar-refractivity contribution in [2.24, 2.45) is 5.92 Å². The van der Waals surface area contributed by atoms with E-state index in [0.717, 1.165) is 36.4 Å². The van der Waals surface area contributed by atoms with Crippen molar-refractivity contribution in [2.45, 2.75) is 18.9 Å². The maximum absolute atomic E-state index is 13.5. The van der Waals surface area contributed by atoms with E-state index in [4.69, 9.17) is 14.2 Å². The van der Waals surface area contributed by atoms with Crippen LogP contribution in [0.25, 0.3) is 0 Å². The Kier molecular flexibility index (Phi) is 6.31. The third-order valence-electron chi connectivity index (χ3n) is 6.48. The summed E-state index contributed by atoms with van der Waals surface area (Å²) in [6.45, 7) is 3.01. The summed E-state index contributed by atoms with van der Waals surface area (Å²) in [4.78, 5) is 12.9. The van der Waals surface area contributed by atoms with E-state index in [-0.39, 0.29) is 35.1 Å². The van der Waals surface area contributed by atoms with Crippen LogP contribution in [0, 0.1) is 21.8 Å².